The molecule has 0 aliphatic rings. The Bertz CT molecular complexity index is 995. The van der Waals surface area contributed by atoms with Gasteiger partial charge in [0.15, 0.2) is 23.0 Å². The van der Waals surface area contributed by atoms with Crippen LogP contribution in [0.2, 0.25) is 0 Å². The normalized spacial score (nSPS) is 10.3. The lowest BCUT2D eigenvalue weighted by Crippen LogP contribution is -2.13. The minimum Gasteiger partial charge on any atom is -0.493 e. The highest BCUT2D eigenvalue weighted by Gasteiger charge is 2.10. The largest absolute Gasteiger partial charge is 0.493 e. The third-order valence-corrected chi connectivity index (χ3v) is 4.52. The van der Waals surface area contributed by atoms with Gasteiger partial charge in [-0.25, -0.2) is 0 Å². The van der Waals surface area contributed by atoms with E-state index in [4.69, 9.17) is 18.9 Å². The predicted molar refractivity (Wildman–Crippen MR) is 123 cm³/mol. The predicted octanol–water partition coefficient (Wildman–Crippen LogP) is 4.87. The number of nitrogens with zero attached hydrogens (tertiary/aromatic N) is 1. The van der Waals surface area contributed by atoms with Crippen LogP contribution < -0.4 is 24.3 Å². The molecule has 1 aromatic heterocycles. The van der Waals surface area contributed by atoms with Gasteiger partial charge in [-0.1, -0.05) is 18.2 Å². The second-order valence-corrected chi connectivity index (χ2v) is 6.90. The van der Waals surface area contributed by atoms with Crippen LogP contribution in [0.15, 0.2) is 67.0 Å². The van der Waals surface area contributed by atoms with E-state index in [1.54, 1.807) is 37.7 Å². The third-order valence-electron chi connectivity index (χ3n) is 4.52. The van der Waals surface area contributed by atoms with Crippen molar-refractivity contribution in [3.8, 4) is 23.0 Å². The van der Waals surface area contributed by atoms with Gasteiger partial charge < -0.3 is 24.3 Å². The van der Waals surface area contributed by atoms with Gasteiger partial charge in [-0.3, -0.25) is 9.78 Å². The van der Waals surface area contributed by atoms with Gasteiger partial charge in [-0.2, -0.15) is 0 Å². The molecule has 1 amide bonds. The molecule has 0 bridgehead atoms. The number of hydrogen-bond donors (Lipinski definition) is 1. The Morgan fingerprint density at radius 3 is 2.47 bits per heavy atom. The number of pyridine rings is 1. The summed E-state index contributed by atoms with van der Waals surface area (Å²) in [7, 11) is 1.58. The Labute approximate surface area is 188 Å². The molecule has 7 heteroatoms. The summed E-state index contributed by atoms with van der Waals surface area (Å²) in [5.41, 5.74) is 1.58. The third kappa shape index (κ3) is 6.91. The van der Waals surface area contributed by atoms with Crippen molar-refractivity contribution in [2.24, 2.45) is 0 Å². The van der Waals surface area contributed by atoms with Crippen LogP contribution in [-0.4, -0.2) is 31.2 Å². The lowest BCUT2D eigenvalue weighted by molar-refractivity contribution is -0.116. The second kappa shape index (κ2) is 12.2. The number of carbonyl (C=O) groups is 1. The SMILES string of the molecule is CCOc1ccccc1OCCCC(=O)Nc1ccc(OC)c(OCc2cccnc2)c1. The molecule has 0 atom stereocenters. The number of carbonyl (C=O) groups excluding carboxylic acids is 1. The van der Waals surface area contributed by atoms with Crippen LogP contribution in [0.4, 0.5) is 5.69 Å². The molecule has 0 saturated carbocycles. The molecule has 0 radical (unpaired) electrons. The van der Waals surface area contributed by atoms with E-state index in [1.165, 1.54) is 0 Å². The standard InChI is InChI=1S/C25H28N2O5/c1-3-30-22-9-4-5-10-23(22)31-15-7-11-25(28)27-20-12-13-21(29-2)24(16-20)32-18-19-8-6-14-26-17-19/h4-6,8-10,12-14,16-17H,3,7,11,15,18H2,1-2H3,(H,27,28). The zero-order valence-corrected chi connectivity index (χ0v) is 18.4. The van der Waals surface area contributed by atoms with Gasteiger partial charge in [0.25, 0.3) is 0 Å². The van der Waals surface area contributed by atoms with Crippen LogP contribution in [0, 0.1) is 0 Å². The molecule has 0 aliphatic heterocycles. The van der Waals surface area contributed by atoms with Crippen molar-refractivity contribution in [2.45, 2.75) is 26.4 Å². The lowest BCUT2D eigenvalue weighted by atomic mass is 10.2. The summed E-state index contributed by atoms with van der Waals surface area (Å²) in [6.45, 7) is 3.26. The van der Waals surface area contributed by atoms with E-state index in [0.29, 0.717) is 61.3 Å². The molecule has 1 heterocycles. The molecule has 2 aromatic carbocycles. The Balaban J connectivity index is 1.49. The number of nitrogens with one attached hydrogen (secondary N) is 1. The Morgan fingerprint density at radius 1 is 0.938 bits per heavy atom. The van der Waals surface area contributed by atoms with Crippen LogP contribution in [0.5, 0.6) is 23.0 Å². The topological polar surface area (TPSA) is 78.9 Å². The number of rotatable bonds is 12. The minimum atomic E-state index is -0.102. The molecule has 7 nitrogen and oxygen atoms in total. The highest BCUT2D eigenvalue weighted by atomic mass is 16.5. The molecule has 32 heavy (non-hydrogen) atoms. The fourth-order valence-corrected chi connectivity index (χ4v) is 2.99. The zero-order valence-electron chi connectivity index (χ0n) is 18.4. The number of aromatic nitrogens is 1. The van der Waals surface area contributed by atoms with Gasteiger partial charge in [-0.05, 0) is 43.7 Å². The van der Waals surface area contributed by atoms with Crippen LogP contribution in [-0.2, 0) is 11.4 Å². The lowest BCUT2D eigenvalue weighted by Gasteiger charge is -2.13. The molecule has 0 fully saturated rings. The molecule has 3 aromatic rings. The van der Waals surface area contributed by atoms with E-state index in [0.717, 1.165) is 5.56 Å². The number of amides is 1. The highest BCUT2D eigenvalue weighted by molar-refractivity contribution is 5.91. The molecular weight excluding hydrogens is 408 g/mol. The first kappa shape index (κ1) is 22.9. The van der Waals surface area contributed by atoms with Gasteiger partial charge >= 0.3 is 0 Å². The molecule has 1 N–H and O–H groups in total. The number of hydrogen-bond acceptors (Lipinski definition) is 6. The molecule has 0 unspecified atom stereocenters. The van der Waals surface area contributed by atoms with Crippen molar-refractivity contribution < 1.29 is 23.7 Å². The van der Waals surface area contributed by atoms with Crippen LogP contribution in [0.25, 0.3) is 0 Å². The fourth-order valence-electron chi connectivity index (χ4n) is 2.99. The van der Waals surface area contributed by atoms with Crippen LogP contribution in [0.3, 0.4) is 0 Å². The Morgan fingerprint density at radius 2 is 1.75 bits per heavy atom. The van der Waals surface area contributed by atoms with Crippen molar-refractivity contribution in [3.05, 3.63) is 72.6 Å². The summed E-state index contributed by atoms with van der Waals surface area (Å²) in [5, 5.41) is 2.90. The molecule has 0 spiro atoms. The van der Waals surface area contributed by atoms with Gasteiger partial charge in [0.05, 0.1) is 20.3 Å². The second-order valence-electron chi connectivity index (χ2n) is 6.90. The smallest absolute Gasteiger partial charge is 0.224 e. The quantitative estimate of drug-likeness (QED) is 0.408. The van der Waals surface area contributed by atoms with Crippen molar-refractivity contribution in [1.82, 2.24) is 4.98 Å². The Kier molecular flexibility index (Phi) is 8.74. The first-order chi connectivity index (χ1) is 15.7. The van der Waals surface area contributed by atoms with Crippen LogP contribution in [0.1, 0.15) is 25.3 Å². The van der Waals surface area contributed by atoms with Gasteiger partial charge in [0.2, 0.25) is 5.91 Å². The first-order valence-electron chi connectivity index (χ1n) is 10.5. The van der Waals surface area contributed by atoms with Crippen molar-refractivity contribution in [2.75, 3.05) is 25.6 Å². The summed E-state index contributed by atoms with van der Waals surface area (Å²) >= 11 is 0. The highest BCUT2D eigenvalue weighted by Crippen LogP contribution is 2.31. The van der Waals surface area contributed by atoms with E-state index in [1.807, 2.05) is 43.3 Å². The first-order valence-corrected chi connectivity index (χ1v) is 10.5. The number of para-hydroxylation sites is 2. The van der Waals surface area contributed by atoms with E-state index < -0.39 is 0 Å². The number of methoxy groups -OCH3 is 1. The average molecular weight is 437 g/mol. The molecule has 0 aliphatic carbocycles. The zero-order chi connectivity index (χ0) is 22.6. The number of anilines is 1. The average Bonchev–Trinajstić information content (AvgIpc) is 2.82. The van der Waals surface area contributed by atoms with Crippen molar-refractivity contribution in [3.63, 3.8) is 0 Å². The molecular formula is C25H28N2O5. The summed E-state index contributed by atoms with van der Waals surface area (Å²) in [5.74, 6) is 2.42. The van der Waals surface area contributed by atoms with Gasteiger partial charge in [-0.15, -0.1) is 0 Å². The number of ether oxygens (including phenoxy) is 4. The molecule has 0 saturated heterocycles. The maximum Gasteiger partial charge on any atom is 0.224 e. The maximum atomic E-state index is 12.4. The summed E-state index contributed by atoms with van der Waals surface area (Å²) in [6.07, 6.45) is 4.36. The molecule has 168 valence electrons. The fraction of sp³-hybridized carbons (Fsp3) is 0.280. The summed E-state index contributed by atoms with van der Waals surface area (Å²) in [6, 6.07) is 16.6. The summed E-state index contributed by atoms with van der Waals surface area (Å²) in [4.78, 5) is 16.4. The van der Waals surface area contributed by atoms with E-state index in [-0.39, 0.29) is 5.91 Å². The van der Waals surface area contributed by atoms with Gasteiger partial charge in [0.1, 0.15) is 6.61 Å². The van der Waals surface area contributed by atoms with E-state index in [9.17, 15) is 4.79 Å². The van der Waals surface area contributed by atoms with E-state index in [2.05, 4.69) is 10.3 Å². The van der Waals surface area contributed by atoms with Gasteiger partial charge in [0, 0.05) is 36.1 Å². The number of benzene rings is 2. The monoisotopic (exact) mass is 436 g/mol. The van der Waals surface area contributed by atoms with Crippen molar-refractivity contribution >= 4 is 11.6 Å². The van der Waals surface area contributed by atoms with E-state index >= 15 is 0 Å². The minimum absolute atomic E-state index is 0.102. The Hall–Kier alpha value is -3.74. The maximum absolute atomic E-state index is 12.4. The van der Waals surface area contributed by atoms with Crippen molar-refractivity contribution in [1.29, 1.82) is 0 Å². The van der Waals surface area contributed by atoms with Crippen LogP contribution >= 0.6 is 0 Å². The summed E-state index contributed by atoms with van der Waals surface area (Å²) < 4.78 is 22.5. The molecule has 3 rings (SSSR count).